The van der Waals surface area contributed by atoms with Gasteiger partial charge in [0.05, 0.1) is 11.1 Å². The van der Waals surface area contributed by atoms with Crippen molar-refractivity contribution in [2.24, 2.45) is 0 Å². The molecule has 4 nitrogen and oxygen atoms in total. The Morgan fingerprint density at radius 2 is 2.35 bits per heavy atom. The molecule has 0 amide bonds. The van der Waals surface area contributed by atoms with Gasteiger partial charge in [-0.25, -0.2) is 9.97 Å². The maximum absolute atomic E-state index is 8.83. The molecule has 1 atom stereocenters. The molecule has 0 spiro atoms. The highest BCUT2D eigenvalue weighted by Crippen LogP contribution is 2.25. The maximum atomic E-state index is 8.83. The van der Waals surface area contributed by atoms with Gasteiger partial charge >= 0.3 is 0 Å². The van der Waals surface area contributed by atoms with Crippen molar-refractivity contribution in [2.75, 3.05) is 12.3 Å². The fraction of sp³-hybridized carbons (Fsp3) is 0.455. The van der Waals surface area contributed by atoms with Crippen molar-refractivity contribution in [1.82, 2.24) is 9.97 Å². The Hall–Kier alpha value is -0.850. The normalized spacial score (nSPS) is 13.1. The standard InChI is InChI=1S/C11H15N3OS2/c1-7(2-4-15)17-6-9-13-10(12)8-3-5-16-11(8)14-9/h3,5,7,15H,2,4,6H2,1H3,(H2,12,13,14). The zero-order valence-electron chi connectivity index (χ0n) is 9.59. The Morgan fingerprint density at radius 3 is 3.12 bits per heavy atom. The molecule has 0 radical (unpaired) electrons. The van der Waals surface area contributed by atoms with Crippen LogP contribution in [0, 0.1) is 0 Å². The van der Waals surface area contributed by atoms with Crippen LogP contribution in [0.1, 0.15) is 19.2 Å². The van der Waals surface area contributed by atoms with Crippen LogP contribution in [0.15, 0.2) is 11.4 Å². The average molecular weight is 269 g/mol. The first kappa shape index (κ1) is 12.6. The first-order valence-corrected chi connectivity index (χ1v) is 7.35. The van der Waals surface area contributed by atoms with E-state index in [1.54, 1.807) is 23.1 Å². The minimum atomic E-state index is 0.223. The van der Waals surface area contributed by atoms with Crippen molar-refractivity contribution < 1.29 is 5.11 Å². The van der Waals surface area contributed by atoms with E-state index >= 15 is 0 Å². The van der Waals surface area contributed by atoms with Crippen LogP contribution in [0.4, 0.5) is 5.82 Å². The zero-order chi connectivity index (χ0) is 12.3. The quantitative estimate of drug-likeness (QED) is 0.871. The van der Waals surface area contributed by atoms with Gasteiger partial charge in [0, 0.05) is 11.9 Å². The number of thiophene rings is 1. The summed E-state index contributed by atoms with van der Waals surface area (Å²) in [6.45, 7) is 2.31. The number of anilines is 1. The fourth-order valence-electron chi connectivity index (χ4n) is 1.47. The Kier molecular flexibility index (Phi) is 4.20. The Bertz CT molecular complexity index is 500. The summed E-state index contributed by atoms with van der Waals surface area (Å²) in [5.74, 6) is 2.06. The highest BCUT2D eigenvalue weighted by atomic mass is 32.2. The zero-order valence-corrected chi connectivity index (χ0v) is 11.2. The average Bonchev–Trinajstić information content (AvgIpc) is 2.75. The third-order valence-corrected chi connectivity index (χ3v) is 4.47. The van der Waals surface area contributed by atoms with Crippen molar-refractivity contribution in [3.8, 4) is 0 Å². The molecule has 0 aliphatic carbocycles. The van der Waals surface area contributed by atoms with Crippen LogP contribution in [-0.4, -0.2) is 26.9 Å². The molecule has 0 fully saturated rings. The third-order valence-electron chi connectivity index (χ3n) is 2.43. The highest BCUT2D eigenvalue weighted by Gasteiger charge is 2.08. The molecule has 17 heavy (non-hydrogen) atoms. The van der Waals surface area contributed by atoms with Gasteiger partial charge in [0.25, 0.3) is 0 Å². The van der Waals surface area contributed by atoms with Crippen LogP contribution < -0.4 is 5.73 Å². The molecule has 0 aliphatic rings. The van der Waals surface area contributed by atoms with Gasteiger partial charge in [-0.15, -0.1) is 11.3 Å². The minimum absolute atomic E-state index is 0.223. The van der Waals surface area contributed by atoms with Crippen LogP contribution in [0.25, 0.3) is 10.2 Å². The van der Waals surface area contributed by atoms with Gasteiger partial charge in [0.15, 0.2) is 0 Å². The van der Waals surface area contributed by atoms with Crippen molar-refractivity contribution in [2.45, 2.75) is 24.3 Å². The van der Waals surface area contributed by atoms with E-state index in [-0.39, 0.29) is 6.61 Å². The predicted molar refractivity (Wildman–Crippen MR) is 74.3 cm³/mol. The number of aliphatic hydroxyl groups is 1. The molecule has 6 heteroatoms. The number of rotatable bonds is 5. The van der Waals surface area contributed by atoms with Gasteiger partial charge < -0.3 is 10.8 Å². The smallest absolute Gasteiger partial charge is 0.142 e. The predicted octanol–water partition coefficient (Wildman–Crippen LogP) is 2.28. The van der Waals surface area contributed by atoms with E-state index < -0.39 is 0 Å². The Balaban J connectivity index is 2.08. The second kappa shape index (κ2) is 5.66. The number of thioether (sulfide) groups is 1. The molecular weight excluding hydrogens is 254 g/mol. The highest BCUT2D eigenvalue weighted by molar-refractivity contribution is 7.99. The SMILES string of the molecule is CC(CCO)SCc1nc(N)c2ccsc2n1. The summed E-state index contributed by atoms with van der Waals surface area (Å²) < 4.78 is 0. The second-order valence-corrected chi connectivity index (χ2v) is 6.12. The summed E-state index contributed by atoms with van der Waals surface area (Å²) >= 11 is 3.32. The van der Waals surface area contributed by atoms with Crippen LogP contribution >= 0.6 is 23.1 Å². The molecule has 2 heterocycles. The fourth-order valence-corrected chi connectivity index (χ4v) is 3.10. The number of nitrogens with two attached hydrogens (primary N) is 1. The number of nitrogen functional groups attached to an aromatic ring is 1. The van der Waals surface area contributed by atoms with Gasteiger partial charge in [-0.05, 0) is 17.9 Å². The first-order chi connectivity index (χ1) is 8.20. The van der Waals surface area contributed by atoms with Crippen molar-refractivity contribution in [3.63, 3.8) is 0 Å². The van der Waals surface area contributed by atoms with E-state index in [9.17, 15) is 0 Å². The number of nitrogens with zero attached hydrogens (tertiary/aromatic N) is 2. The minimum Gasteiger partial charge on any atom is -0.396 e. The van der Waals surface area contributed by atoms with Crippen LogP contribution in [0.3, 0.4) is 0 Å². The topological polar surface area (TPSA) is 72.0 Å². The molecule has 0 aromatic carbocycles. The lowest BCUT2D eigenvalue weighted by atomic mass is 10.3. The summed E-state index contributed by atoms with van der Waals surface area (Å²) in [6, 6.07) is 1.95. The lowest BCUT2D eigenvalue weighted by Crippen LogP contribution is -2.03. The van der Waals surface area contributed by atoms with Crippen molar-refractivity contribution in [3.05, 3.63) is 17.3 Å². The van der Waals surface area contributed by atoms with Gasteiger partial charge in [-0.1, -0.05) is 6.92 Å². The summed E-state index contributed by atoms with van der Waals surface area (Å²) in [6.07, 6.45) is 0.793. The summed E-state index contributed by atoms with van der Waals surface area (Å²) in [5, 5.41) is 12.1. The number of hydrogen-bond acceptors (Lipinski definition) is 6. The number of hydrogen-bond donors (Lipinski definition) is 2. The summed E-state index contributed by atoms with van der Waals surface area (Å²) in [5.41, 5.74) is 5.87. The Labute approximate surface area is 108 Å². The summed E-state index contributed by atoms with van der Waals surface area (Å²) in [4.78, 5) is 9.71. The molecule has 92 valence electrons. The van der Waals surface area contributed by atoms with Crippen LogP contribution in [-0.2, 0) is 5.75 Å². The van der Waals surface area contributed by atoms with E-state index in [1.165, 1.54) is 0 Å². The van der Waals surface area contributed by atoms with E-state index in [0.717, 1.165) is 28.2 Å². The van der Waals surface area contributed by atoms with Crippen molar-refractivity contribution in [1.29, 1.82) is 0 Å². The van der Waals surface area contributed by atoms with E-state index in [2.05, 4.69) is 16.9 Å². The lowest BCUT2D eigenvalue weighted by molar-refractivity contribution is 0.289. The molecular formula is C11H15N3OS2. The monoisotopic (exact) mass is 269 g/mol. The van der Waals surface area contributed by atoms with Gasteiger partial charge in [-0.2, -0.15) is 11.8 Å². The Morgan fingerprint density at radius 1 is 1.53 bits per heavy atom. The lowest BCUT2D eigenvalue weighted by Gasteiger charge is -2.08. The number of aromatic nitrogens is 2. The van der Waals surface area contributed by atoms with E-state index in [4.69, 9.17) is 10.8 Å². The maximum Gasteiger partial charge on any atom is 0.142 e. The molecule has 2 rings (SSSR count). The van der Waals surface area contributed by atoms with Gasteiger partial charge in [-0.3, -0.25) is 0 Å². The molecule has 1 unspecified atom stereocenters. The molecule has 2 aromatic heterocycles. The number of fused-ring (bicyclic) bond motifs is 1. The largest absolute Gasteiger partial charge is 0.396 e. The van der Waals surface area contributed by atoms with Crippen molar-refractivity contribution >= 4 is 39.1 Å². The molecule has 0 aliphatic heterocycles. The molecule has 2 aromatic rings. The van der Waals surface area contributed by atoms with E-state index in [1.807, 2.05) is 11.4 Å². The van der Waals surface area contributed by atoms with E-state index in [0.29, 0.717) is 11.1 Å². The molecule has 0 saturated heterocycles. The summed E-state index contributed by atoms with van der Waals surface area (Å²) in [7, 11) is 0. The second-order valence-electron chi connectivity index (χ2n) is 3.80. The van der Waals surface area contributed by atoms with Gasteiger partial charge in [0.1, 0.15) is 16.5 Å². The van der Waals surface area contributed by atoms with Crippen LogP contribution in [0.5, 0.6) is 0 Å². The van der Waals surface area contributed by atoms with Gasteiger partial charge in [0.2, 0.25) is 0 Å². The molecule has 3 N–H and O–H groups in total. The van der Waals surface area contributed by atoms with Crippen LogP contribution in [0.2, 0.25) is 0 Å². The number of aliphatic hydroxyl groups excluding tert-OH is 1. The first-order valence-electron chi connectivity index (χ1n) is 5.42. The third kappa shape index (κ3) is 3.08. The molecule has 0 saturated carbocycles. The molecule has 0 bridgehead atoms.